The van der Waals surface area contributed by atoms with E-state index in [1.54, 1.807) is 7.11 Å². The zero-order valence-electron chi connectivity index (χ0n) is 10.6. The topological polar surface area (TPSA) is 78.9 Å². The smallest absolute Gasteiger partial charge is 0.179 e. The van der Waals surface area contributed by atoms with Gasteiger partial charge in [-0.3, -0.25) is 0 Å². The summed E-state index contributed by atoms with van der Waals surface area (Å²) in [5, 5.41) is 12.2. The summed E-state index contributed by atoms with van der Waals surface area (Å²) in [5.74, 6) is 1.52. The number of methoxy groups -OCH3 is 1. The van der Waals surface area contributed by atoms with Crippen LogP contribution in [0.1, 0.15) is 17.0 Å². The maximum absolute atomic E-state index is 5.44. The highest BCUT2D eigenvalue weighted by atomic mass is 16.5. The van der Waals surface area contributed by atoms with Crippen LogP contribution >= 0.6 is 0 Å². The van der Waals surface area contributed by atoms with Crippen LogP contribution < -0.4 is 10.5 Å². The third-order valence-corrected chi connectivity index (χ3v) is 2.61. The van der Waals surface area contributed by atoms with Gasteiger partial charge in [0.2, 0.25) is 0 Å². The molecule has 0 aliphatic carbocycles. The molecule has 0 saturated carbocycles. The van der Waals surface area contributed by atoms with Gasteiger partial charge in [0.05, 0.1) is 13.7 Å². The molecule has 0 aliphatic heterocycles. The van der Waals surface area contributed by atoms with Crippen LogP contribution in [-0.2, 0) is 13.0 Å². The van der Waals surface area contributed by atoms with E-state index in [2.05, 4.69) is 21.5 Å². The Morgan fingerprint density at radius 1 is 1.39 bits per heavy atom. The molecule has 18 heavy (non-hydrogen) atoms. The molecule has 0 spiro atoms. The average molecular weight is 247 g/mol. The van der Waals surface area contributed by atoms with Crippen LogP contribution in [0, 0.1) is 6.92 Å². The lowest BCUT2D eigenvalue weighted by atomic mass is 10.1. The Hall–Kier alpha value is -1.95. The van der Waals surface area contributed by atoms with Crippen molar-refractivity contribution < 1.29 is 4.74 Å². The van der Waals surface area contributed by atoms with Crippen LogP contribution in [0.15, 0.2) is 18.2 Å². The number of nitrogens with zero attached hydrogens (tertiary/aromatic N) is 4. The van der Waals surface area contributed by atoms with E-state index in [-0.39, 0.29) is 0 Å². The Labute approximate surface area is 106 Å². The number of aromatic nitrogens is 4. The molecule has 96 valence electrons. The van der Waals surface area contributed by atoms with Crippen LogP contribution in [0.25, 0.3) is 0 Å². The van der Waals surface area contributed by atoms with E-state index in [0.717, 1.165) is 11.3 Å². The van der Waals surface area contributed by atoms with E-state index >= 15 is 0 Å². The first-order chi connectivity index (χ1) is 8.72. The van der Waals surface area contributed by atoms with Crippen LogP contribution in [0.2, 0.25) is 0 Å². The van der Waals surface area contributed by atoms with Gasteiger partial charge in [-0.1, -0.05) is 17.7 Å². The second-order valence-electron chi connectivity index (χ2n) is 4.08. The van der Waals surface area contributed by atoms with Crippen molar-refractivity contribution in [2.24, 2.45) is 5.73 Å². The molecular weight excluding hydrogens is 230 g/mol. The molecule has 2 N–H and O–H groups in total. The van der Waals surface area contributed by atoms with E-state index in [9.17, 15) is 0 Å². The SMILES string of the molecule is COc1ccc(C)cc1Cc1nnn(CCN)n1. The molecular formula is C12H17N5O. The highest BCUT2D eigenvalue weighted by molar-refractivity contribution is 5.38. The fourth-order valence-electron chi connectivity index (χ4n) is 1.77. The van der Waals surface area contributed by atoms with Crippen molar-refractivity contribution in [1.29, 1.82) is 0 Å². The molecule has 6 heteroatoms. The lowest BCUT2D eigenvalue weighted by Crippen LogP contribution is -2.12. The third-order valence-electron chi connectivity index (χ3n) is 2.61. The summed E-state index contributed by atoms with van der Waals surface area (Å²) in [7, 11) is 1.66. The summed E-state index contributed by atoms with van der Waals surface area (Å²) >= 11 is 0. The van der Waals surface area contributed by atoms with Gasteiger partial charge in [-0.2, -0.15) is 4.80 Å². The minimum absolute atomic E-state index is 0.504. The van der Waals surface area contributed by atoms with E-state index in [1.807, 2.05) is 19.1 Å². The summed E-state index contributed by atoms with van der Waals surface area (Å²) < 4.78 is 5.32. The highest BCUT2D eigenvalue weighted by Gasteiger charge is 2.08. The number of ether oxygens (including phenoxy) is 1. The number of hydrogen-bond donors (Lipinski definition) is 1. The average Bonchev–Trinajstić information content (AvgIpc) is 2.77. The predicted molar refractivity (Wildman–Crippen MR) is 67.4 cm³/mol. The van der Waals surface area contributed by atoms with Gasteiger partial charge in [-0.05, 0) is 18.2 Å². The lowest BCUT2D eigenvalue weighted by Gasteiger charge is -2.07. The van der Waals surface area contributed by atoms with Gasteiger partial charge in [-0.25, -0.2) is 0 Å². The monoisotopic (exact) mass is 247 g/mol. The first-order valence-corrected chi connectivity index (χ1v) is 5.83. The molecule has 0 aliphatic rings. The van der Waals surface area contributed by atoms with E-state index in [1.165, 1.54) is 10.4 Å². The Balaban J connectivity index is 2.19. The number of hydrogen-bond acceptors (Lipinski definition) is 5. The standard InChI is InChI=1S/C12H17N5O/c1-9-3-4-11(18-2)10(7-9)8-12-14-16-17(15-12)6-5-13/h3-4,7H,5-6,8,13H2,1-2H3. The molecule has 2 rings (SSSR count). The molecule has 0 radical (unpaired) electrons. The van der Waals surface area contributed by atoms with E-state index in [4.69, 9.17) is 10.5 Å². The largest absolute Gasteiger partial charge is 0.496 e. The Kier molecular flexibility index (Phi) is 3.88. The van der Waals surface area contributed by atoms with Crippen LogP contribution in [-0.4, -0.2) is 33.9 Å². The molecule has 0 saturated heterocycles. The van der Waals surface area contributed by atoms with Crippen LogP contribution in [0.4, 0.5) is 0 Å². The maximum atomic E-state index is 5.44. The summed E-state index contributed by atoms with van der Waals surface area (Å²) in [6, 6.07) is 6.04. The van der Waals surface area contributed by atoms with Gasteiger partial charge in [0.1, 0.15) is 5.75 Å². The fraction of sp³-hybridized carbons (Fsp3) is 0.417. The first kappa shape index (κ1) is 12.5. The first-order valence-electron chi connectivity index (χ1n) is 5.83. The van der Waals surface area contributed by atoms with E-state index in [0.29, 0.717) is 25.3 Å². The number of aryl methyl sites for hydroxylation is 1. The normalized spacial score (nSPS) is 10.6. The van der Waals surface area contributed by atoms with Crippen molar-refractivity contribution >= 4 is 0 Å². The summed E-state index contributed by atoms with van der Waals surface area (Å²) in [5.41, 5.74) is 7.68. The quantitative estimate of drug-likeness (QED) is 0.834. The van der Waals surface area contributed by atoms with Gasteiger partial charge in [0.15, 0.2) is 5.82 Å². The molecule has 0 atom stereocenters. The van der Waals surface area contributed by atoms with Gasteiger partial charge in [0, 0.05) is 18.5 Å². The molecule has 6 nitrogen and oxygen atoms in total. The molecule has 0 bridgehead atoms. The van der Waals surface area contributed by atoms with Gasteiger partial charge < -0.3 is 10.5 Å². The van der Waals surface area contributed by atoms with Gasteiger partial charge >= 0.3 is 0 Å². The van der Waals surface area contributed by atoms with Crippen molar-refractivity contribution in [3.05, 3.63) is 35.2 Å². The number of nitrogens with two attached hydrogens (primary N) is 1. The van der Waals surface area contributed by atoms with Crippen LogP contribution in [0.5, 0.6) is 5.75 Å². The third kappa shape index (κ3) is 2.84. The van der Waals surface area contributed by atoms with Crippen molar-refractivity contribution in [2.75, 3.05) is 13.7 Å². The minimum atomic E-state index is 0.504. The number of tetrazole rings is 1. The summed E-state index contributed by atoms with van der Waals surface area (Å²) in [6.45, 7) is 3.13. The van der Waals surface area contributed by atoms with Crippen molar-refractivity contribution in [2.45, 2.75) is 19.9 Å². The zero-order chi connectivity index (χ0) is 13.0. The minimum Gasteiger partial charge on any atom is -0.496 e. The molecule has 1 heterocycles. The number of benzene rings is 1. The van der Waals surface area contributed by atoms with Crippen LogP contribution in [0.3, 0.4) is 0 Å². The second kappa shape index (κ2) is 5.59. The highest BCUT2D eigenvalue weighted by Crippen LogP contribution is 2.21. The van der Waals surface area contributed by atoms with Crippen molar-refractivity contribution in [3.8, 4) is 5.75 Å². The molecule has 1 aromatic carbocycles. The van der Waals surface area contributed by atoms with E-state index < -0.39 is 0 Å². The zero-order valence-corrected chi connectivity index (χ0v) is 10.6. The summed E-state index contributed by atoms with van der Waals surface area (Å²) in [4.78, 5) is 1.51. The Morgan fingerprint density at radius 2 is 2.22 bits per heavy atom. The molecule has 0 amide bonds. The van der Waals surface area contributed by atoms with Gasteiger partial charge in [-0.15, -0.1) is 10.2 Å². The molecule has 1 aromatic heterocycles. The van der Waals surface area contributed by atoms with Crippen molar-refractivity contribution in [3.63, 3.8) is 0 Å². The molecule has 0 unspecified atom stereocenters. The second-order valence-corrected chi connectivity index (χ2v) is 4.08. The fourth-order valence-corrected chi connectivity index (χ4v) is 1.77. The molecule has 2 aromatic rings. The lowest BCUT2D eigenvalue weighted by molar-refractivity contribution is 0.410. The van der Waals surface area contributed by atoms with Crippen molar-refractivity contribution in [1.82, 2.24) is 20.2 Å². The molecule has 0 fully saturated rings. The predicted octanol–water partition coefficient (Wildman–Crippen LogP) is 0.540. The Bertz CT molecular complexity index is 523. The van der Waals surface area contributed by atoms with Gasteiger partial charge in [0.25, 0.3) is 0 Å². The maximum Gasteiger partial charge on any atom is 0.179 e. The summed E-state index contributed by atoms with van der Waals surface area (Å²) in [6.07, 6.45) is 0.607. The number of rotatable bonds is 5. The Morgan fingerprint density at radius 3 is 2.94 bits per heavy atom.